The zero-order valence-electron chi connectivity index (χ0n) is 20.8. The van der Waals surface area contributed by atoms with Gasteiger partial charge in [0.25, 0.3) is 0 Å². The number of benzene rings is 2. The monoisotopic (exact) mass is 497 g/mol. The maximum atomic E-state index is 11.5. The molecule has 0 aliphatic heterocycles. The molecule has 1 aromatic heterocycles. The summed E-state index contributed by atoms with van der Waals surface area (Å²) in [6.07, 6.45) is 9.90. The van der Waals surface area contributed by atoms with E-state index in [1.807, 2.05) is 12.1 Å². The number of H-pyrrole nitrogens is 1. The van der Waals surface area contributed by atoms with Crippen molar-refractivity contribution in [1.29, 1.82) is 0 Å². The highest BCUT2D eigenvalue weighted by Gasteiger charge is 2.26. The van der Waals surface area contributed by atoms with Crippen LogP contribution in [0.4, 0.5) is 0 Å². The smallest absolute Gasteiger partial charge is 0.305 e. The SMILES string of the molecule is CCCN(CCCCCCNCCc1ccc2sc(=O)[nH]c2c1)[C@H]1CCc2c(ccc(O)c2O)C1. The number of aromatic amines is 1. The Morgan fingerprint density at radius 3 is 2.80 bits per heavy atom. The minimum atomic E-state index is -0.000456. The zero-order valence-corrected chi connectivity index (χ0v) is 21.6. The first kappa shape index (κ1) is 25.7. The van der Waals surface area contributed by atoms with Crippen LogP contribution in [0.3, 0.4) is 0 Å². The van der Waals surface area contributed by atoms with Crippen LogP contribution in [0.2, 0.25) is 0 Å². The van der Waals surface area contributed by atoms with Crippen LogP contribution in [0, 0.1) is 0 Å². The molecule has 0 bridgehead atoms. The fraction of sp³-hybridized carbons (Fsp3) is 0.536. The molecule has 0 spiro atoms. The lowest BCUT2D eigenvalue weighted by Gasteiger charge is -2.35. The summed E-state index contributed by atoms with van der Waals surface area (Å²) in [6.45, 7) is 6.51. The predicted molar refractivity (Wildman–Crippen MR) is 145 cm³/mol. The van der Waals surface area contributed by atoms with E-state index in [0.717, 1.165) is 74.1 Å². The lowest BCUT2D eigenvalue weighted by molar-refractivity contribution is 0.175. The number of phenolic OH excluding ortho intramolecular Hbond substituents is 2. The van der Waals surface area contributed by atoms with Crippen LogP contribution < -0.4 is 10.2 Å². The van der Waals surface area contributed by atoms with Crippen molar-refractivity contribution in [2.24, 2.45) is 0 Å². The normalized spacial score (nSPS) is 15.7. The van der Waals surface area contributed by atoms with Gasteiger partial charge in [-0.1, -0.05) is 43.2 Å². The third-order valence-corrected chi connectivity index (χ3v) is 8.05. The maximum absolute atomic E-state index is 11.5. The fourth-order valence-electron chi connectivity index (χ4n) is 5.31. The number of nitrogens with one attached hydrogen (secondary N) is 2. The molecule has 2 aromatic carbocycles. The Balaban J connectivity index is 1.11. The highest BCUT2D eigenvalue weighted by atomic mass is 32.1. The second-order valence-corrected chi connectivity index (χ2v) is 10.8. The first-order valence-electron chi connectivity index (χ1n) is 13.1. The molecule has 0 fully saturated rings. The van der Waals surface area contributed by atoms with Gasteiger partial charge in [-0.25, -0.2) is 0 Å². The lowest BCUT2D eigenvalue weighted by Crippen LogP contribution is -2.40. The number of unbranched alkanes of at least 4 members (excludes halogenated alkanes) is 3. The van der Waals surface area contributed by atoms with Gasteiger partial charge in [0, 0.05) is 11.6 Å². The molecule has 0 radical (unpaired) electrons. The van der Waals surface area contributed by atoms with Crippen molar-refractivity contribution in [3.63, 3.8) is 0 Å². The minimum Gasteiger partial charge on any atom is -0.504 e. The molecule has 4 N–H and O–H groups in total. The van der Waals surface area contributed by atoms with Gasteiger partial charge in [0.1, 0.15) is 0 Å². The molecule has 1 aliphatic carbocycles. The molecular weight excluding hydrogens is 458 g/mol. The van der Waals surface area contributed by atoms with Crippen LogP contribution >= 0.6 is 11.3 Å². The summed E-state index contributed by atoms with van der Waals surface area (Å²) in [6, 6.07) is 10.4. The standard InChI is InChI=1S/C28H39N3O3S/c1-2-16-31(22-9-10-23-21(19-22)8-11-25(32)27(23)33)17-6-4-3-5-14-29-15-13-20-7-12-26-24(18-20)30-28(34)35-26/h7-8,11-12,18,22,29,32-33H,2-6,9-10,13-17,19H2,1H3,(H,30,34)/t22-/m0/s1. The molecule has 4 rings (SSSR count). The van der Waals surface area contributed by atoms with Crippen molar-refractivity contribution >= 4 is 21.6 Å². The average Bonchev–Trinajstić information content (AvgIpc) is 3.23. The molecule has 0 unspecified atom stereocenters. The summed E-state index contributed by atoms with van der Waals surface area (Å²) in [7, 11) is 0. The van der Waals surface area contributed by atoms with Crippen LogP contribution in [0.1, 0.15) is 62.1 Å². The van der Waals surface area contributed by atoms with E-state index < -0.39 is 0 Å². The van der Waals surface area contributed by atoms with E-state index >= 15 is 0 Å². The molecule has 35 heavy (non-hydrogen) atoms. The number of nitrogens with zero attached hydrogens (tertiary/aromatic N) is 1. The van der Waals surface area contributed by atoms with Gasteiger partial charge in [-0.3, -0.25) is 4.79 Å². The van der Waals surface area contributed by atoms with Crippen LogP contribution in [0.15, 0.2) is 35.1 Å². The molecule has 7 heteroatoms. The second-order valence-electron chi connectivity index (χ2n) is 9.76. The number of thiazole rings is 1. The van der Waals surface area contributed by atoms with Crippen LogP contribution in [-0.4, -0.2) is 52.3 Å². The van der Waals surface area contributed by atoms with Crippen molar-refractivity contribution in [3.05, 3.63) is 56.7 Å². The number of aromatic hydroxyl groups is 2. The quantitative estimate of drug-likeness (QED) is 0.198. The number of hydrogen-bond acceptors (Lipinski definition) is 6. The van der Waals surface area contributed by atoms with E-state index in [1.54, 1.807) is 6.07 Å². The number of phenols is 2. The molecule has 1 atom stereocenters. The van der Waals surface area contributed by atoms with E-state index in [9.17, 15) is 15.0 Å². The number of hydrogen-bond donors (Lipinski definition) is 4. The van der Waals surface area contributed by atoms with Gasteiger partial charge in [-0.05, 0) is 100 Å². The summed E-state index contributed by atoms with van der Waals surface area (Å²) in [4.78, 5) is 17.0. The molecule has 3 aromatic rings. The van der Waals surface area contributed by atoms with E-state index in [2.05, 4.69) is 34.3 Å². The van der Waals surface area contributed by atoms with Crippen molar-refractivity contribution < 1.29 is 10.2 Å². The highest BCUT2D eigenvalue weighted by molar-refractivity contribution is 7.16. The van der Waals surface area contributed by atoms with Gasteiger partial charge in [-0.15, -0.1) is 0 Å². The van der Waals surface area contributed by atoms with E-state index in [4.69, 9.17) is 0 Å². The Bertz CT molecular complexity index is 1160. The fourth-order valence-corrected chi connectivity index (χ4v) is 6.03. The zero-order chi connectivity index (χ0) is 24.6. The summed E-state index contributed by atoms with van der Waals surface area (Å²) in [5, 5.41) is 23.5. The Hall–Kier alpha value is -2.35. The third-order valence-electron chi connectivity index (χ3n) is 7.19. The first-order valence-corrected chi connectivity index (χ1v) is 14.0. The van der Waals surface area contributed by atoms with Gasteiger partial charge in [0.2, 0.25) is 0 Å². The Labute approximate surface area is 212 Å². The molecule has 0 amide bonds. The van der Waals surface area contributed by atoms with Crippen molar-refractivity contribution in [2.45, 2.75) is 70.8 Å². The summed E-state index contributed by atoms with van der Waals surface area (Å²) in [5.41, 5.74) is 4.33. The Morgan fingerprint density at radius 2 is 1.94 bits per heavy atom. The Morgan fingerprint density at radius 1 is 1.09 bits per heavy atom. The van der Waals surface area contributed by atoms with Gasteiger partial charge in [0.15, 0.2) is 11.5 Å². The molecule has 190 valence electrons. The van der Waals surface area contributed by atoms with Crippen LogP contribution in [0.25, 0.3) is 10.2 Å². The van der Waals surface area contributed by atoms with Crippen molar-refractivity contribution in [1.82, 2.24) is 15.2 Å². The molecule has 1 heterocycles. The maximum Gasteiger partial charge on any atom is 0.305 e. The predicted octanol–water partition coefficient (Wildman–Crippen LogP) is 4.96. The second kappa shape index (κ2) is 12.6. The topological polar surface area (TPSA) is 88.6 Å². The molecular formula is C28H39N3O3S. The number of fused-ring (bicyclic) bond motifs is 2. The Kier molecular flexibility index (Phi) is 9.24. The van der Waals surface area contributed by atoms with E-state index in [0.29, 0.717) is 6.04 Å². The molecule has 1 aliphatic rings. The van der Waals surface area contributed by atoms with Gasteiger partial charge in [-0.2, -0.15) is 0 Å². The van der Waals surface area contributed by atoms with Gasteiger partial charge in [0.05, 0.1) is 10.2 Å². The first-order chi connectivity index (χ1) is 17.0. The average molecular weight is 498 g/mol. The van der Waals surface area contributed by atoms with E-state index in [-0.39, 0.29) is 16.4 Å². The number of aromatic nitrogens is 1. The molecule has 0 saturated carbocycles. The summed E-state index contributed by atoms with van der Waals surface area (Å²) < 4.78 is 1.03. The van der Waals surface area contributed by atoms with Crippen LogP contribution in [-0.2, 0) is 19.3 Å². The number of rotatable bonds is 13. The lowest BCUT2D eigenvalue weighted by atomic mass is 9.86. The van der Waals surface area contributed by atoms with E-state index in [1.165, 1.54) is 48.1 Å². The van der Waals surface area contributed by atoms with Crippen LogP contribution in [0.5, 0.6) is 11.5 Å². The van der Waals surface area contributed by atoms with Crippen molar-refractivity contribution in [2.75, 3.05) is 26.2 Å². The highest BCUT2D eigenvalue weighted by Crippen LogP contribution is 2.36. The largest absolute Gasteiger partial charge is 0.504 e. The third kappa shape index (κ3) is 6.87. The summed E-state index contributed by atoms with van der Waals surface area (Å²) in [5.74, 6) is 0.0796. The van der Waals surface area contributed by atoms with Gasteiger partial charge < -0.3 is 25.4 Å². The molecule has 0 saturated heterocycles. The van der Waals surface area contributed by atoms with Gasteiger partial charge >= 0.3 is 4.87 Å². The minimum absolute atomic E-state index is 0.000456. The summed E-state index contributed by atoms with van der Waals surface area (Å²) >= 11 is 1.27. The van der Waals surface area contributed by atoms with Crippen molar-refractivity contribution in [3.8, 4) is 11.5 Å². The molecule has 6 nitrogen and oxygen atoms in total.